The van der Waals surface area contributed by atoms with Crippen LogP contribution in [0.15, 0.2) is 73.1 Å². The Labute approximate surface area is 210 Å². The zero-order chi connectivity index (χ0) is 25.9. The summed E-state index contributed by atoms with van der Waals surface area (Å²) in [6, 6.07) is 14.2. The number of hydrogen-bond donors (Lipinski definition) is 2. The number of aromatic nitrogens is 2. The van der Waals surface area contributed by atoms with Crippen molar-refractivity contribution in [1.82, 2.24) is 9.78 Å². The molecule has 0 fully saturated rings. The van der Waals surface area contributed by atoms with Crippen molar-refractivity contribution < 1.29 is 26.7 Å². The summed E-state index contributed by atoms with van der Waals surface area (Å²) in [5.74, 6) is -1.52. The first kappa shape index (κ1) is 25.1. The lowest BCUT2D eigenvalue weighted by atomic mass is 10.2. The molecule has 0 aliphatic heterocycles. The van der Waals surface area contributed by atoms with E-state index >= 15 is 0 Å². The van der Waals surface area contributed by atoms with Crippen molar-refractivity contribution in [3.05, 3.63) is 101 Å². The van der Waals surface area contributed by atoms with Crippen molar-refractivity contribution in [2.45, 2.75) is 6.61 Å². The van der Waals surface area contributed by atoms with Gasteiger partial charge in [-0.05, 0) is 48.0 Å². The summed E-state index contributed by atoms with van der Waals surface area (Å²) in [5.41, 5.74) is 1.01. The Hall–Kier alpha value is -3.96. The normalized spacial score (nSPS) is 11.2. The molecular weight excluding hydrogens is 514 g/mol. The molecule has 1 heterocycles. The fraction of sp³-hybridized carbons (Fsp3) is 0.0833. The lowest BCUT2D eigenvalue weighted by Gasteiger charge is -2.12. The minimum Gasteiger partial charge on any atom is -0.487 e. The molecule has 0 saturated carbocycles. The Kier molecular flexibility index (Phi) is 7.22. The van der Waals surface area contributed by atoms with Gasteiger partial charge in [-0.2, -0.15) is 5.10 Å². The van der Waals surface area contributed by atoms with Crippen LogP contribution < -0.4 is 14.8 Å². The topological polar surface area (TPSA) is 102 Å². The van der Waals surface area contributed by atoms with Gasteiger partial charge in [-0.3, -0.25) is 9.52 Å². The fourth-order valence-electron chi connectivity index (χ4n) is 3.32. The van der Waals surface area contributed by atoms with Crippen molar-refractivity contribution in [1.29, 1.82) is 0 Å². The van der Waals surface area contributed by atoms with Crippen LogP contribution >= 0.6 is 11.6 Å². The largest absolute Gasteiger partial charge is 0.487 e. The van der Waals surface area contributed by atoms with E-state index in [1.165, 1.54) is 60.9 Å². The highest BCUT2D eigenvalue weighted by atomic mass is 35.5. The maximum Gasteiger partial charge on any atom is 0.258 e. The maximum atomic E-state index is 14.7. The number of carbonyl (C=O) groups excluding carboxylic acids is 1. The molecule has 1 aromatic heterocycles. The molecule has 0 aliphatic rings. The van der Waals surface area contributed by atoms with Crippen LogP contribution in [0.4, 0.5) is 20.2 Å². The number of benzene rings is 3. The Morgan fingerprint density at radius 1 is 1.08 bits per heavy atom. The molecule has 0 radical (unpaired) electrons. The van der Waals surface area contributed by atoms with E-state index < -0.39 is 27.6 Å². The number of hydrogen-bond acceptors (Lipinski definition) is 5. The predicted molar refractivity (Wildman–Crippen MR) is 132 cm³/mol. The van der Waals surface area contributed by atoms with Crippen LogP contribution in [0.2, 0.25) is 5.02 Å². The van der Waals surface area contributed by atoms with Crippen LogP contribution in [0, 0.1) is 11.6 Å². The summed E-state index contributed by atoms with van der Waals surface area (Å²) in [6.45, 7) is -0.0125. The second-order valence-corrected chi connectivity index (χ2v) is 9.92. The average Bonchev–Trinajstić information content (AvgIpc) is 3.26. The van der Waals surface area contributed by atoms with Gasteiger partial charge in [0, 0.05) is 16.9 Å². The van der Waals surface area contributed by atoms with Crippen LogP contribution in [0.25, 0.3) is 5.69 Å². The standard InChI is InChI=1S/C24H19ClF2N4O4S/c1-36(33,34)30-20-10-17(25)9-19(11-20)29-24(32)16-12-28-31(13-16)23-21(27)6-3-7-22(23)35-14-15-4-2-5-18(26)8-15/h2-13,30H,14H2,1H3,(H,29,32). The minimum absolute atomic E-state index is 0.0125. The monoisotopic (exact) mass is 532 g/mol. The predicted octanol–water partition coefficient (Wildman–Crippen LogP) is 5.01. The first-order valence-electron chi connectivity index (χ1n) is 10.4. The van der Waals surface area contributed by atoms with E-state index in [9.17, 15) is 22.0 Å². The van der Waals surface area contributed by atoms with Crippen LogP contribution in [0.3, 0.4) is 0 Å². The van der Waals surface area contributed by atoms with Crippen molar-refractivity contribution in [3.63, 3.8) is 0 Å². The van der Waals surface area contributed by atoms with Crippen molar-refractivity contribution >= 4 is 38.9 Å². The van der Waals surface area contributed by atoms with Crippen LogP contribution in [0.5, 0.6) is 5.75 Å². The number of anilines is 2. The molecule has 0 saturated heterocycles. The quantitative estimate of drug-likeness (QED) is 0.332. The molecule has 0 spiro atoms. The van der Waals surface area contributed by atoms with Gasteiger partial charge in [0.05, 0.1) is 23.7 Å². The Bertz CT molecular complexity index is 1540. The molecule has 8 nitrogen and oxygen atoms in total. The number of ether oxygens (including phenoxy) is 1. The SMILES string of the molecule is CS(=O)(=O)Nc1cc(Cl)cc(NC(=O)c2cnn(-c3c(F)cccc3OCc3cccc(F)c3)c2)c1. The van der Waals surface area contributed by atoms with Gasteiger partial charge < -0.3 is 10.1 Å². The van der Waals surface area contributed by atoms with E-state index in [1.54, 1.807) is 12.1 Å². The zero-order valence-corrected chi connectivity index (χ0v) is 20.3. The third kappa shape index (κ3) is 6.37. The molecule has 0 aliphatic carbocycles. The molecular formula is C24H19ClF2N4O4S. The smallest absolute Gasteiger partial charge is 0.258 e. The maximum absolute atomic E-state index is 14.7. The third-order valence-electron chi connectivity index (χ3n) is 4.77. The second kappa shape index (κ2) is 10.3. The highest BCUT2D eigenvalue weighted by Crippen LogP contribution is 2.27. The minimum atomic E-state index is -3.55. The summed E-state index contributed by atoms with van der Waals surface area (Å²) in [7, 11) is -3.55. The zero-order valence-electron chi connectivity index (χ0n) is 18.7. The number of rotatable bonds is 8. The van der Waals surface area contributed by atoms with Gasteiger partial charge in [0.25, 0.3) is 5.91 Å². The highest BCUT2D eigenvalue weighted by Gasteiger charge is 2.17. The molecule has 0 unspecified atom stereocenters. The van der Waals surface area contributed by atoms with Gasteiger partial charge in [0.1, 0.15) is 23.9 Å². The van der Waals surface area contributed by atoms with E-state index in [-0.39, 0.29) is 40.0 Å². The molecule has 0 bridgehead atoms. The van der Waals surface area contributed by atoms with Crippen LogP contribution in [0.1, 0.15) is 15.9 Å². The van der Waals surface area contributed by atoms with E-state index in [0.717, 1.165) is 10.9 Å². The van der Waals surface area contributed by atoms with Gasteiger partial charge >= 0.3 is 0 Å². The van der Waals surface area contributed by atoms with Gasteiger partial charge in [-0.1, -0.05) is 29.8 Å². The Morgan fingerprint density at radius 2 is 1.83 bits per heavy atom. The number of sulfonamides is 1. The molecule has 12 heteroatoms. The molecule has 186 valence electrons. The molecule has 1 amide bonds. The molecule has 36 heavy (non-hydrogen) atoms. The number of carbonyl (C=O) groups is 1. The van der Waals surface area contributed by atoms with Crippen molar-refractivity contribution in [3.8, 4) is 11.4 Å². The lowest BCUT2D eigenvalue weighted by Crippen LogP contribution is -2.13. The second-order valence-electron chi connectivity index (χ2n) is 7.74. The first-order chi connectivity index (χ1) is 17.1. The summed E-state index contributed by atoms with van der Waals surface area (Å²) in [4.78, 5) is 12.8. The van der Waals surface area contributed by atoms with Crippen molar-refractivity contribution in [2.75, 3.05) is 16.3 Å². The summed E-state index contributed by atoms with van der Waals surface area (Å²) in [6.07, 6.45) is 3.53. The number of halogens is 3. The van der Waals surface area contributed by atoms with E-state index in [2.05, 4.69) is 15.1 Å². The first-order valence-corrected chi connectivity index (χ1v) is 12.6. The molecule has 3 aromatic carbocycles. The van der Waals surface area contributed by atoms with Gasteiger partial charge in [-0.25, -0.2) is 21.9 Å². The molecule has 0 atom stereocenters. The third-order valence-corrected chi connectivity index (χ3v) is 5.59. The summed E-state index contributed by atoms with van der Waals surface area (Å²) >= 11 is 6.03. The summed E-state index contributed by atoms with van der Waals surface area (Å²) < 4.78 is 60.3. The van der Waals surface area contributed by atoms with E-state index in [1.807, 2.05) is 0 Å². The van der Waals surface area contributed by atoms with Gasteiger partial charge in [0.2, 0.25) is 10.0 Å². The number of para-hydroxylation sites is 1. The van der Waals surface area contributed by atoms with Gasteiger partial charge in [-0.15, -0.1) is 0 Å². The fourth-order valence-corrected chi connectivity index (χ4v) is 4.10. The highest BCUT2D eigenvalue weighted by molar-refractivity contribution is 7.92. The molecule has 2 N–H and O–H groups in total. The number of nitrogens with one attached hydrogen (secondary N) is 2. The van der Waals surface area contributed by atoms with Gasteiger partial charge in [0.15, 0.2) is 5.82 Å². The Morgan fingerprint density at radius 3 is 2.58 bits per heavy atom. The number of amides is 1. The van der Waals surface area contributed by atoms with E-state index in [0.29, 0.717) is 5.56 Å². The number of nitrogens with zero attached hydrogens (tertiary/aromatic N) is 2. The van der Waals surface area contributed by atoms with Crippen LogP contribution in [-0.4, -0.2) is 30.4 Å². The van der Waals surface area contributed by atoms with Crippen LogP contribution in [-0.2, 0) is 16.6 Å². The Balaban J connectivity index is 1.54. The molecule has 4 aromatic rings. The van der Waals surface area contributed by atoms with Crippen molar-refractivity contribution in [2.24, 2.45) is 0 Å². The average molecular weight is 533 g/mol. The molecule has 4 rings (SSSR count). The van der Waals surface area contributed by atoms with E-state index in [4.69, 9.17) is 16.3 Å². The summed E-state index contributed by atoms with van der Waals surface area (Å²) in [5, 5.41) is 6.88. The lowest BCUT2D eigenvalue weighted by molar-refractivity contribution is 0.102.